The third kappa shape index (κ3) is 4.16. The number of allylic oxidation sites excluding steroid dienone is 5. The summed E-state index contributed by atoms with van der Waals surface area (Å²) < 4.78 is 0. The van der Waals surface area contributed by atoms with Gasteiger partial charge in [-0.05, 0) is 87.9 Å². The second-order valence-electron chi connectivity index (χ2n) is 12.6. The van der Waals surface area contributed by atoms with E-state index in [1.54, 1.807) is 0 Å². The Hall–Kier alpha value is -5.99. The average Bonchev–Trinajstić information content (AvgIpc) is 3.46. The van der Waals surface area contributed by atoms with Crippen molar-refractivity contribution in [3.8, 4) is 11.1 Å². The molecule has 2 aliphatic heterocycles. The number of hydrogen-bond donors (Lipinski definition) is 0. The first-order valence-corrected chi connectivity index (χ1v) is 16.7. The average molecular weight is 615 g/mol. The number of nitrogens with zero attached hydrogens (tertiary/aromatic N) is 2. The van der Waals surface area contributed by atoms with Gasteiger partial charge in [0.1, 0.15) is 0 Å². The zero-order valence-electron chi connectivity index (χ0n) is 26.8. The fourth-order valence-corrected chi connectivity index (χ4v) is 8.15. The van der Waals surface area contributed by atoms with Crippen LogP contribution in [0.2, 0.25) is 0 Å². The van der Waals surface area contributed by atoms with Crippen LogP contribution in [-0.2, 0) is 5.41 Å². The van der Waals surface area contributed by atoms with Crippen LogP contribution < -0.4 is 4.90 Å². The van der Waals surface area contributed by atoms with Gasteiger partial charge >= 0.3 is 0 Å². The van der Waals surface area contributed by atoms with Crippen LogP contribution in [0.15, 0.2) is 187 Å². The Balaban J connectivity index is 1.38. The number of dihydropyridines is 1. The molecule has 0 saturated carbocycles. The molecule has 0 atom stereocenters. The second kappa shape index (κ2) is 11.4. The number of aliphatic imine (C=N–C) groups is 1. The van der Waals surface area contributed by atoms with Gasteiger partial charge in [0.25, 0.3) is 0 Å². The zero-order chi connectivity index (χ0) is 32.1. The lowest BCUT2D eigenvalue weighted by atomic mass is 9.63. The van der Waals surface area contributed by atoms with Crippen LogP contribution in [0.3, 0.4) is 0 Å². The highest BCUT2D eigenvalue weighted by Crippen LogP contribution is 2.64. The minimum atomic E-state index is -0.547. The molecule has 0 fully saturated rings. The molecule has 0 unspecified atom stereocenters. The number of para-hydroxylation sites is 3. The summed E-state index contributed by atoms with van der Waals surface area (Å²) >= 11 is 0. The van der Waals surface area contributed by atoms with Gasteiger partial charge in [-0.2, -0.15) is 0 Å². The van der Waals surface area contributed by atoms with Crippen molar-refractivity contribution in [2.24, 2.45) is 4.99 Å². The lowest BCUT2D eigenvalue weighted by Gasteiger charge is -2.45. The van der Waals surface area contributed by atoms with E-state index in [0.29, 0.717) is 0 Å². The summed E-state index contributed by atoms with van der Waals surface area (Å²) in [6, 6.07) is 55.3. The molecule has 48 heavy (non-hydrogen) atoms. The van der Waals surface area contributed by atoms with Crippen molar-refractivity contribution in [2.45, 2.75) is 18.8 Å². The highest BCUT2D eigenvalue weighted by Gasteiger charge is 2.52. The highest BCUT2D eigenvalue weighted by atomic mass is 15.2. The Morgan fingerprint density at radius 2 is 1.17 bits per heavy atom. The number of hydrogen-bond acceptors (Lipinski definition) is 2. The molecular formula is C46H34N2. The molecule has 2 heteroatoms. The first kappa shape index (κ1) is 28.3. The normalized spacial score (nSPS) is 16.3. The summed E-state index contributed by atoms with van der Waals surface area (Å²) in [5.74, 6) is 0. The number of fused-ring (bicyclic) bond motifs is 9. The molecule has 9 rings (SSSR count). The van der Waals surface area contributed by atoms with Crippen LogP contribution in [0.5, 0.6) is 0 Å². The molecule has 2 heterocycles. The minimum absolute atomic E-state index is 0.547. The summed E-state index contributed by atoms with van der Waals surface area (Å²) in [4.78, 5) is 7.83. The third-order valence-corrected chi connectivity index (χ3v) is 10.0. The first-order chi connectivity index (χ1) is 23.8. The Bertz CT molecular complexity index is 2270. The summed E-state index contributed by atoms with van der Waals surface area (Å²) in [5, 5.41) is 0. The SMILES string of the molecule is C/C=C\C=C1/CC(c2ccccc2)=CC(c2cccc3c2C2(c4ccccc4-3)c3ccccc3N(c3ccccc3)c3ccccc32)=N1. The Labute approximate surface area is 282 Å². The molecule has 0 N–H and O–H groups in total. The Kier molecular flexibility index (Phi) is 6.69. The minimum Gasteiger partial charge on any atom is -0.310 e. The molecule has 228 valence electrons. The van der Waals surface area contributed by atoms with Crippen LogP contribution in [0.4, 0.5) is 17.1 Å². The van der Waals surface area contributed by atoms with E-state index < -0.39 is 5.41 Å². The molecule has 1 spiro atoms. The summed E-state index contributed by atoms with van der Waals surface area (Å²) in [5.41, 5.74) is 16.4. The van der Waals surface area contributed by atoms with Crippen molar-refractivity contribution < 1.29 is 0 Å². The van der Waals surface area contributed by atoms with Gasteiger partial charge in [0, 0.05) is 23.4 Å². The van der Waals surface area contributed by atoms with Crippen molar-refractivity contribution >= 4 is 28.3 Å². The number of rotatable bonds is 4. The topological polar surface area (TPSA) is 15.6 Å². The second-order valence-corrected chi connectivity index (χ2v) is 12.6. The monoisotopic (exact) mass is 614 g/mol. The van der Waals surface area contributed by atoms with Crippen LogP contribution in [0.25, 0.3) is 16.7 Å². The number of anilines is 3. The van der Waals surface area contributed by atoms with Gasteiger partial charge in [-0.25, -0.2) is 0 Å². The van der Waals surface area contributed by atoms with Gasteiger partial charge in [0.15, 0.2) is 0 Å². The molecule has 1 aliphatic carbocycles. The molecule has 0 saturated heterocycles. The maximum absolute atomic E-state index is 5.40. The van der Waals surface area contributed by atoms with Crippen LogP contribution in [-0.4, -0.2) is 5.71 Å². The van der Waals surface area contributed by atoms with E-state index in [2.05, 4.69) is 188 Å². The lowest BCUT2D eigenvalue weighted by Crippen LogP contribution is -2.37. The van der Waals surface area contributed by atoms with E-state index in [1.807, 2.05) is 0 Å². The van der Waals surface area contributed by atoms with Gasteiger partial charge in [0.2, 0.25) is 0 Å². The van der Waals surface area contributed by atoms with E-state index in [0.717, 1.165) is 23.5 Å². The molecular weight excluding hydrogens is 581 g/mol. The standard InChI is InChI=1S/C46H34N2/c1-2-3-19-34-30-33(32-17-6-4-7-18-32)31-42(47-34)38-24-16-23-37-36-22-10-11-25-39(36)46(45(37)38)40-26-12-14-28-43(40)48(35-20-8-5-9-21-35)44-29-15-13-27-41(44)46/h2-29,31H,30H2,1H3/b3-2-,34-19+. The molecule has 0 bridgehead atoms. The summed E-state index contributed by atoms with van der Waals surface area (Å²) in [7, 11) is 0. The van der Waals surface area contributed by atoms with Crippen LogP contribution in [0.1, 0.15) is 46.7 Å². The highest BCUT2D eigenvalue weighted by molar-refractivity contribution is 6.17. The van der Waals surface area contributed by atoms with E-state index in [-0.39, 0.29) is 0 Å². The van der Waals surface area contributed by atoms with E-state index in [1.165, 1.54) is 61.5 Å². The molecule has 0 amide bonds. The van der Waals surface area contributed by atoms with E-state index in [9.17, 15) is 0 Å². The first-order valence-electron chi connectivity index (χ1n) is 16.7. The third-order valence-electron chi connectivity index (χ3n) is 10.0. The van der Waals surface area contributed by atoms with Gasteiger partial charge in [-0.3, -0.25) is 4.99 Å². The Morgan fingerprint density at radius 1 is 0.583 bits per heavy atom. The maximum atomic E-state index is 5.40. The van der Waals surface area contributed by atoms with Gasteiger partial charge < -0.3 is 4.90 Å². The predicted octanol–water partition coefficient (Wildman–Crippen LogP) is 11.6. The van der Waals surface area contributed by atoms with Crippen molar-refractivity contribution in [2.75, 3.05) is 4.90 Å². The molecule has 0 aromatic heterocycles. The van der Waals surface area contributed by atoms with Gasteiger partial charge in [-0.15, -0.1) is 0 Å². The van der Waals surface area contributed by atoms with Crippen molar-refractivity contribution in [3.63, 3.8) is 0 Å². The molecule has 0 radical (unpaired) electrons. The summed E-state index contributed by atoms with van der Waals surface area (Å²) in [6.45, 7) is 2.06. The Morgan fingerprint density at radius 3 is 1.88 bits per heavy atom. The van der Waals surface area contributed by atoms with Crippen molar-refractivity contribution in [1.82, 2.24) is 0 Å². The van der Waals surface area contributed by atoms with Crippen LogP contribution in [0, 0.1) is 0 Å². The number of benzene rings is 6. The smallest absolute Gasteiger partial charge is 0.0760 e. The fraction of sp³-hybridized carbons (Fsp3) is 0.0652. The van der Waals surface area contributed by atoms with Gasteiger partial charge in [-0.1, -0.05) is 140 Å². The predicted molar refractivity (Wildman–Crippen MR) is 200 cm³/mol. The van der Waals surface area contributed by atoms with E-state index >= 15 is 0 Å². The quantitative estimate of drug-likeness (QED) is 0.193. The lowest BCUT2D eigenvalue weighted by molar-refractivity contribution is 0.751. The van der Waals surface area contributed by atoms with Gasteiger partial charge in [0.05, 0.1) is 22.5 Å². The van der Waals surface area contributed by atoms with E-state index in [4.69, 9.17) is 4.99 Å². The largest absolute Gasteiger partial charge is 0.310 e. The maximum Gasteiger partial charge on any atom is 0.0760 e. The molecule has 2 nitrogen and oxygen atoms in total. The van der Waals surface area contributed by atoms with Crippen molar-refractivity contribution in [3.05, 3.63) is 215 Å². The molecule has 6 aromatic rings. The summed E-state index contributed by atoms with van der Waals surface area (Å²) in [6.07, 6.45) is 9.44. The molecule has 6 aromatic carbocycles. The molecule has 3 aliphatic rings. The van der Waals surface area contributed by atoms with Crippen molar-refractivity contribution in [1.29, 1.82) is 0 Å². The zero-order valence-corrected chi connectivity index (χ0v) is 26.8. The van der Waals surface area contributed by atoms with Crippen LogP contribution >= 0.6 is 0 Å². The fourth-order valence-electron chi connectivity index (χ4n) is 8.15.